The van der Waals surface area contributed by atoms with Crippen LogP contribution in [0.4, 0.5) is 0 Å². The van der Waals surface area contributed by atoms with Crippen molar-refractivity contribution in [3.63, 3.8) is 0 Å². The molecule has 22 heavy (non-hydrogen) atoms. The van der Waals surface area contributed by atoms with E-state index in [0.717, 1.165) is 22.0 Å². The van der Waals surface area contributed by atoms with Gasteiger partial charge >= 0.3 is 0 Å². The van der Waals surface area contributed by atoms with E-state index in [9.17, 15) is 9.59 Å². The van der Waals surface area contributed by atoms with Gasteiger partial charge in [0.1, 0.15) is 5.69 Å². The maximum absolute atomic E-state index is 12.2. The van der Waals surface area contributed by atoms with Gasteiger partial charge in [-0.1, -0.05) is 6.07 Å². The standard InChI is InChI=1S/C17H23N3O2/c1-10-6-11(2)12-8-14(19-13(12)7-10)16(22)18-9-15(21)20-17(3,4)5/h6-8,19H,9H2,1-5H3,(H,18,22)(H,20,21). The smallest absolute Gasteiger partial charge is 0.268 e. The Kier molecular flexibility index (Phi) is 4.26. The molecule has 1 aromatic carbocycles. The van der Waals surface area contributed by atoms with Crippen molar-refractivity contribution in [2.24, 2.45) is 0 Å². The van der Waals surface area contributed by atoms with E-state index >= 15 is 0 Å². The minimum absolute atomic E-state index is 0.0382. The molecule has 1 heterocycles. The summed E-state index contributed by atoms with van der Waals surface area (Å²) in [4.78, 5) is 27.0. The van der Waals surface area contributed by atoms with Crippen molar-refractivity contribution in [1.29, 1.82) is 0 Å². The highest BCUT2D eigenvalue weighted by Crippen LogP contribution is 2.21. The molecule has 0 aliphatic carbocycles. The number of fused-ring (bicyclic) bond motifs is 1. The normalized spacial score (nSPS) is 11.5. The molecule has 0 saturated carbocycles. The number of hydrogen-bond acceptors (Lipinski definition) is 2. The number of H-pyrrole nitrogens is 1. The van der Waals surface area contributed by atoms with Gasteiger partial charge < -0.3 is 15.6 Å². The van der Waals surface area contributed by atoms with Crippen molar-refractivity contribution in [3.8, 4) is 0 Å². The number of nitrogens with one attached hydrogen (secondary N) is 3. The van der Waals surface area contributed by atoms with Crippen molar-refractivity contribution in [3.05, 3.63) is 35.0 Å². The molecule has 2 rings (SSSR count). The molecule has 0 atom stereocenters. The predicted octanol–water partition coefficient (Wildman–Crippen LogP) is 2.43. The highest BCUT2D eigenvalue weighted by atomic mass is 16.2. The molecule has 1 aromatic heterocycles. The van der Waals surface area contributed by atoms with E-state index in [0.29, 0.717) is 5.69 Å². The largest absolute Gasteiger partial charge is 0.351 e. The van der Waals surface area contributed by atoms with Crippen LogP contribution in [0, 0.1) is 13.8 Å². The van der Waals surface area contributed by atoms with Crippen LogP contribution < -0.4 is 10.6 Å². The Bertz CT molecular complexity index is 723. The van der Waals surface area contributed by atoms with E-state index in [1.54, 1.807) is 0 Å². The Morgan fingerprint density at radius 3 is 2.45 bits per heavy atom. The fraction of sp³-hybridized carbons (Fsp3) is 0.412. The van der Waals surface area contributed by atoms with E-state index < -0.39 is 0 Å². The molecule has 2 amide bonds. The van der Waals surface area contributed by atoms with Crippen LogP contribution >= 0.6 is 0 Å². The number of aromatic amines is 1. The Morgan fingerprint density at radius 2 is 1.82 bits per heavy atom. The summed E-state index contributed by atoms with van der Waals surface area (Å²) in [5.74, 6) is -0.485. The third kappa shape index (κ3) is 3.87. The van der Waals surface area contributed by atoms with Crippen LogP contribution in [-0.4, -0.2) is 28.9 Å². The summed E-state index contributed by atoms with van der Waals surface area (Å²) in [6.07, 6.45) is 0. The molecule has 0 bridgehead atoms. The second-order valence-electron chi connectivity index (χ2n) is 6.71. The van der Waals surface area contributed by atoms with E-state index in [1.165, 1.54) is 0 Å². The minimum Gasteiger partial charge on any atom is -0.351 e. The summed E-state index contributed by atoms with van der Waals surface area (Å²) in [5.41, 5.74) is 3.35. The van der Waals surface area contributed by atoms with Crippen LogP contribution in [0.1, 0.15) is 42.4 Å². The van der Waals surface area contributed by atoms with Gasteiger partial charge in [0, 0.05) is 16.4 Å². The van der Waals surface area contributed by atoms with Crippen molar-refractivity contribution < 1.29 is 9.59 Å². The first kappa shape index (κ1) is 16.1. The SMILES string of the molecule is Cc1cc(C)c2cc(C(=O)NCC(=O)NC(C)(C)C)[nH]c2c1. The first-order valence-corrected chi connectivity index (χ1v) is 7.35. The first-order chi connectivity index (χ1) is 10.2. The zero-order chi connectivity index (χ0) is 16.5. The summed E-state index contributed by atoms with van der Waals surface area (Å²) < 4.78 is 0. The molecule has 3 N–H and O–H groups in total. The van der Waals surface area contributed by atoms with E-state index in [1.807, 2.05) is 46.8 Å². The van der Waals surface area contributed by atoms with Gasteiger partial charge in [-0.2, -0.15) is 0 Å². The maximum Gasteiger partial charge on any atom is 0.268 e. The number of carbonyl (C=O) groups excluding carboxylic acids is 2. The van der Waals surface area contributed by atoms with Gasteiger partial charge in [-0.15, -0.1) is 0 Å². The number of aryl methyl sites for hydroxylation is 2. The van der Waals surface area contributed by atoms with Gasteiger partial charge in [0.15, 0.2) is 0 Å². The number of carbonyl (C=O) groups is 2. The number of aromatic nitrogens is 1. The summed E-state index contributed by atoms with van der Waals surface area (Å²) in [6.45, 7) is 9.69. The topological polar surface area (TPSA) is 74.0 Å². The third-order valence-electron chi connectivity index (χ3n) is 3.26. The van der Waals surface area contributed by atoms with Gasteiger partial charge in [0.2, 0.25) is 5.91 Å². The molecule has 0 radical (unpaired) electrons. The van der Waals surface area contributed by atoms with E-state index in [-0.39, 0.29) is 23.9 Å². The Morgan fingerprint density at radius 1 is 1.14 bits per heavy atom. The monoisotopic (exact) mass is 301 g/mol. The van der Waals surface area contributed by atoms with Crippen LogP contribution in [0.3, 0.4) is 0 Å². The van der Waals surface area contributed by atoms with Crippen LogP contribution in [-0.2, 0) is 4.79 Å². The van der Waals surface area contributed by atoms with Gasteiger partial charge in [0.05, 0.1) is 6.54 Å². The fourth-order valence-corrected chi connectivity index (χ4v) is 2.44. The molecule has 0 aliphatic heterocycles. The maximum atomic E-state index is 12.2. The summed E-state index contributed by atoms with van der Waals surface area (Å²) in [6, 6.07) is 5.90. The molecule has 5 nitrogen and oxygen atoms in total. The lowest BCUT2D eigenvalue weighted by atomic mass is 10.1. The molecule has 0 fully saturated rings. The highest BCUT2D eigenvalue weighted by Gasteiger charge is 2.16. The lowest BCUT2D eigenvalue weighted by Gasteiger charge is -2.20. The number of hydrogen-bond donors (Lipinski definition) is 3. The molecule has 5 heteroatoms. The second kappa shape index (κ2) is 5.83. The van der Waals surface area contributed by atoms with Crippen LogP contribution in [0.25, 0.3) is 10.9 Å². The second-order valence-corrected chi connectivity index (χ2v) is 6.71. The van der Waals surface area contributed by atoms with Crippen molar-refractivity contribution in [2.45, 2.75) is 40.2 Å². The van der Waals surface area contributed by atoms with E-state index in [2.05, 4.69) is 21.7 Å². The number of rotatable bonds is 3. The molecule has 0 unspecified atom stereocenters. The summed E-state index contributed by atoms with van der Waals surface area (Å²) in [7, 11) is 0. The zero-order valence-corrected chi connectivity index (χ0v) is 13.8. The minimum atomic E-state index is -0.308. The van der Waals surface area contributed by atoms with Crippen molar-refractivity contribution >= 4 is 22.7 Å². The van der Waals surface area contributed by atoms with Gasteiger partial charge in [-0.3, -0.25) is 9.59 Å². The van der Waals surface area contributed by atoms with Gasteiger partial charge in [-0.05, 0) is 57.9 Å². The molecule has 0 spiro atoms. The van der Waals surface area contributed by atoms with Crippen LogP contribution in [0.5, 0.6) is 0 Å². The lowest BCUT2D eigenvalue weighted by Crippen LogP contribution is -2.45. The number of amides is 2. The summed E-state index contributed by atoms with van der Waals surface area (Å²) >= 11 is 0. The lowest BCUT2D eigenvalue weighted by molar-refractivity contribution is -0.121. The quantitative estimate of drug-likeness (QED) is 0.814. The zero-order valence-electron chi connectivity index (χ0n) is 13.8. The van der Waals surface area contributed by atoms with Crippen LogP contribution in [0.15, 0.2) is 18.2 Å². The highest BCUT2D eigenvalue weighted by molar-refractivity contribution is 6.00. The van der Waals surface area contributed by atoms with E-state index in [4.69, 9.17) is 0 Å². The molecule has 0 saturated heterocycles. The van der Waals surface area contributed by atoms with Gasteiger partial charge in [-0.25, -0.2) is 0 Å². The van der Waals surface area contributed by atoms with Crippen LogP contribution in [0.2, 0.25) is 0 Å². The van der Waals surface area contributed by atoms with Crippen molar-refractivity contribution in [2.75, 3.05) is 6.54 Å². The molecular weight excluding hydrogens is 278 g/mol. The Labute approximate surface area is 130 Å². The Hall–Kier alpha value is -2.30. The molecule has 118 valence electrons. The fourth-order valence-electron chi connectivity index (χ4n) is 2.44. The third-order valence-corrected chi connectivity index (χ3v) is 3.26. The van der Waals surface area contributed by atoms with Crippen molar-refractivity contribution in [1.82, 2.24) is 15.6 Å². The average molecular weight is 301 g/mol. The first-order valence-electron chi connectivity index (χ1n) is 7.35. The van der Waals surface area contributed by atoms with Gasteiger partial charge in [0.25, 0.3) is 5.91 Å². The number of benzene rings is 1. The molecular formula is C17H23N3O2. The molecule has 0 aliphatic rings. The average Bonchev–Trinajstić information content (AvgIpc) is 2.78. The Balaban J connectivity index is 2.07. The summed E-state index contributed by atoms with van der Waals surface area (Å²) in [5, 5.41) is 6.46. The molecule has 2 aromatic rings. The predicted molar refractivity (Wildman–Crippen MR) is 88.0 cm³/mol.